The van der Waals surface area contributed by atoms with Crippen LogP contribution in [0.5, 0.6) is 0 Å². The Morgan fingerprint density at radius 1 is 1.00 bits per heavy atom. The highest BCUT2D eigenvalue weighted by Crippen LogP contribution is 2.36. The van der Waals surface area contributed by atoms with Gasteiger partial charge < -0.3 is 5.32 Å². The number of carbonyl (C=O) groups is 1. The molecule has 4 rings (SSSR count). The highest BCUT2D eigenvalue weighted by molar-refractivity contribution is 6.14. The Morgan fingerprint density at radius 3 is 2.62 bits per heavy atom. The molecule has 104 valence electrons. The van der Waals surface area contributed by atoms with E-state index in [1.165, 1.54) is 5.56 Å². The predicted molar refractivity (Wildman–Crippen MR) is 83.8 cm³/mol. The highest BCUT2D eigenvalue weighted by atomic mass is 16.1. The Labute approximate surface area is 123 Å². The number of benzene rings is 2. The summed E-state index contributed by atoms with van der Waals surface area (Å²) >= 11 is 0. The van der Waals surface area contributed by atoms with Crippen molar-refractivity contribution in [1.29, 1.82) is 0 Å². The third-order valence-electron chi connectivity index (χ3n) is 4.37. The third kappa shape index (κ3) is 2.05. The van der Waals surface area contributed by atoms with Crippen LogP contribution in [0, 0.1) is 5.92 Å². The normalized spacial score (nSPS) is 23.6. The van der Waals surface area contributed by atoms with E-state index >= 15 is 0 Å². The van der Waals surface area contributed by atoms with Gasteiger partial charge in [-0.25, -0.2) is 0 Å². The van der Waals surface area contributed by atoms with E-state index in [9.17, 15) is 4.79 Å². The predicted octanol–water partition coefficient (Wildman–Crippen LogP) is 3.04. The molecule has 2 aliphatic heterocycles. The first-order valence-corrected chi connectivity index (χ1v) is 7.30. The summed E-state index contributed by atoms with van der Waals surface area (Å²) in [7, 11) is 0. The van der Waals surface area contributed by atoms with Gasteiger partial charge in [0.25, 0.3) is 0 Å². The Morgan fingerprint density at radius 2 is 1.76 bits per heavy atom. The number of anilines is 1. The molecular formula is C18H16N2O. The van der Waals surface area contributed by atoms with Crippen molar-refractivity contribution in [3.63, 3.8) is 0 Å². The molecule has 21 heavy (non-hydrogen) atoms. The van der Waals surface area contributed by atoms with E-state index in [1.807, 2.05) is 42.5 Å². The molecule has 2 unspecified atom stereocenters. The minimum absolute atomic E-state index is 0.139. The maximum atomic E-state index is 12.7. The van der Waals surface area contributed by atoms with Crippen molar-refractivity contribution >= 4 is 17.3 Å². The summed E-state index contributed by atoms with van der Waals surface area (Å²) in [5, 5.41) is 3.38. The van der Waals surface area contributed by atoms with Gasteiger partial charge in [-0.2, -0.15) is 0 Å². The lowest BCUT2D eigenvalue weighted by Gasteiger charge is -2.18. The smallest absolute Gasteiger partial charge is 0.148 e. The number of nitrogens with zero attached hydrogens (tertiary/aromatic N) is 1. The standard InChI is InChI=1S/C18H16N2O/c21-16-10-13-8-4-5-9-15(13)20-18-17(16)14(11-19-18)12-6-2-1-3-7-12/h1-9,14,17H,10-11H2,(H,19,20). The van der Waals surface area contributed by atoms with Crippen LogP contribution in [-0.2, 0) is 11.2 Å². The van der Waals surface area contributed by atoms with Gasteiger partial charge in [0.1, 0.15) is 11.6 Å². The average molecular weight is 276 g/mol. The molecule has 2 atom stereocenters. The van der Waals surface area contributed by atoms with Crippen LogP contribution >= 0.6 is 0 Å². The molecule has 0 bridgehead atoms. The molecule has 2 aliphatic rings. The van der Waals surface area contributed by atoms with Gasteiger partial charge >= 0.3 is 0 Å². The molecule has 0 amide bonds. The Balaban J connectivity index is 1.72. The fraction of sp³-hybridized carbons (Fsp3) is 0.222. The monoisotopic (exact) mass is 276 g/mol. The van der Waals surface area contributed by atoms with Crippen LogP contribution in [0.4, 0.5) is 5.69 Å². The van der Waals surface area contributed by atoms with Crippen LogP contribution in [0.25, 0.3) is 0 Å². The van der Waals surface area contributed by atoms with Gasteiger partial charge in [-0.1, -0.05) is 48.5 Å². The molecule has 0 saturated carbocycles. The zero-order valence-corrected chi connectivity index (χ0v) is 11.6. The molecule has 2 aromatic rings. The summed E-state index contributed by atoms with van der Waals surface area (Å²) in [5.74, 6) is 1.12. The van der Waals surface area contributed by atoms with Gasteiger partial charge in [0.15, 0.2) is 0 Å². The molecule has 3 nitrogen and oxygen atoms in total. The van der Waals surface area contributed by atoms with Gasteiger partial charge in [-0.15, -0.1) is 0 Å². The van der Waals surface area contributed by atoms with Gasteiger partial charge in [-0.05, 0) is 17.2 Å². The number of carbonyl (C=O) groups excluding carboxylic acids is 1. The number of Topliss-reactive ketones (excluding diaryl/α,β-unsaturated/α-hetero) is 1. The van der Waals surface area contributed by atoms with E-state index in [1.54, 1.807) is 0 Å². The SMILES string of the molecule is O=C1Cc2ccccc2NC2=NCC(c3ccccc3)C12. The van der Waals surface area contributed by atoms with E-state index < -0.39 is 0 Å². The molecule has 0 fully saturated rings. The van der Waals surface area contributed by atoms with E-state index in [0.29, 0.717) is 13.0 Å². The van der Waals surface area contributed by atoms with Crippen LogP contribution in [0.2, 0.25) is 0 Å². The molecule has 0 radical (unpaired) electrons. The number of ketones is 1. The third-order valence-corrected chi connectivity index (χ3v) is 4.37. The lowest BCUT2D eigenvalue weighted by atomic mass is 9.83. The Kier molecular flexibility index (Phi) is 2.85. The number of nitrogens with one attached hydrogen (secondary N) is 1. The first-order chi connectivity index (χ1) is 10.3. The van der Waals surface area contributed by atoms with Crippen LogP contribution in [-0.4, -0.2) is 18.2 Å². The van der Waals surface area contributed by atoms with Crippen molar-refractivity contribution in [2.75, 3.05) is 11.9 Å². The van der Waals surface area contributed by atoms with E-state index in [0.717, 1.165) is 17.1 Å². The second kappa shape index (κ2) is 4.85. The molecule has 1 N–H and O–H groups in total. The summed E-state index contributed by atoms with van der Waals surface area (Å²) in [6.45, 7) is 0.685. The van der Waals surface area contributed by atoms with Crippen molar-refractivity contribution in [1.82, 2.24) is 0 Å². The maximum absolute atomic E-state index is 12.7. The number of hydrogen-bond donors (Lipinski definition) is 1. The largest absolute Gasteiger partial charge is 0.343 e. The van der Waals surface area contributed by atoms with Gasteiger partial charge in [0.05, 0.1) is 5.92 Å². The van der Waals surface area contributed by atoms with Gasteiger partial charge in [0.2, 0.25) is 0 Å². The fourth-order valence-corrected chi connectivity index (χ4v) is 3.32. The van der Waals surface area contributed by atoms with Crippen molar-refractivity contribution in [2.24, 2.45) is 10.9 Å². The second-order valence-corrected chi connectivity index (χ2v) is 5.65. The molecule has 0 spiro atoms. The second-order valence-electron chi connectivity index (χ2n) is 5.65. The molecule has 0 aromatic heterocycles. The van der Waals surface area contributed by atoms with Gasteiger partial charge in [0, 0.05) is 24.6 Å². The molecule has 0 saturated heterocycles. The van der Waals surface area contributed by atoms with E-state index in [-0.39, 0.29) is 17.6 Å². The minimum atomic E-state index is -0.139. The molecule has 2 aromatic carbocycles. The van der Waals surface area contributed by atoms with Crippen molar-refractivity contribution in [3.8, 4) is 0 Å². The topological polar surface area (TPSA) is 41.5 Å². The maximum Gasteiger partial charge on any atom is 0.148 e. The number of para-hydroxylation sites is 1. The molecular weight excluding hydrogens is 260 g/mol. The van der Waals surface area contributed by atoms with Crippen LogP contribution in [0.3, 0.4) is 0 Å². The number of fused-ring (bicyclic) bond motifs is 2. The zero-order chi connectivity index (χ0) is 14.2. The summed E-state index contributed by atoms with van der Waals surface area (Å²) in [5.41, 5.74) is 3.27. The van der Waals surface area contributed by atoms with E-state index in [4.69, 9.17) is 0 Å². The van der Waals surface area contributed by atoms with Crippen molar-refractivity contribution in [3.05, 3.63) is 65.7 Å². The van der Waals surface area contributed by atoms with Crippen LogP contribution in [0.1, 0.15) is 17.0 Å². The van der Waals surface area contributed by atoms with Crippen LogP contribution < -0.4 is 5.32 Å². The summed E-state index contributed by atoms with van der Waals surface area (Å²) in [4.78, 5) is 17.3. The number of aliphatic imine (C=N–C) groups is 1. The minimum Gasteiger partial charge on any atom is -0.343 e. The number of amidine groups is 1. The number of hydrogen-bond acceptors (Lipinski definition) is 3. The molecule has 0 aliphatic carbocycles. The quantitative estimate of drug-likeness (QED) is 0.869. The molecule has 2 heterocycles. The summed E-state index contributed by atoms with van der Waals surface area (Å²) in [6, 6.07) is 18.2. The first kappa shape index (κ1) is 12.3. The fourth-order valence-electron chi connectivity index (χ4n) is 3.32. The van der Waals surface area contributed by atoms with Crippen molar-refractivity contribution < 1.29 is 4.79 Å². The van der Waals surface area contributed by atoms with Crippen LogP contribution in [0.15, 0.2) is 59.6 Å². The number of rotatable bonds is 1. The zero-order valence-electron chi connectivity index (χ0n) is 11.6. The lowest BCUT2D eigenvalue weighted by Crippen LogP contribution is -2.29. The summed E-state index contributed by atoms with van der Waals surface area (Å²) < 4.78 is 0. The van der Waals surface area contributed by atoms with Gasteiger partial charge in [-0.3, -0.25) is 9.79 Å². The molecule has 3 heteroatoms. The summed E-state index contributed by atoms with van der Waals surface area (Å²) in [6.07, 6.45) is 0.482. The lowest BCUT2D eigenvalue weighted by molar-refractivity contribution is -0.120. The van der Waals surface area contributed by atoms with Crippen molar-refractivity contribution in [2.45, 2.75) is 12.3 Å². The van der Waals surface area contributed by atoms with E-state index in [2.05, 4.69) is 22.4 Å². The highest BCUT2D eigenvalue weighted by Gasteiger charge is 2.39. The Hall–Kier alpha value is -2.42. The average Bonchev–Trinajstić information content (AvgIpc) is 2.88. The Bertz CT molecular complexity index is 721. The first-order valence-electron chi connectivity index (χ1n) is 7.30.